The van der Waals surface area contributed by atoms with Crippen molar-refractivity contribution in [2.45, 2.75) is 6.92 Å². The molecule has 0 fully saturated rings. The number of rotatable bonds is 4. The highest BCUT2D eigenvalue weighted by molar-refractivity contribution is 5.91. The first kappa shape index (κ1) is 16.0. The Morgan fingerprint density at radius 2 is 1.88 bits per heavy atom. The molecule has 0 aliphatic heterocycles. The van der Waals surface area contributed by atoms with Gasteiger partial charge in [-0.3, -0.25) is 0 Å². The Kier molecular flexibility index (Phi) is 3.96. The molecule has 0 saturated carbocycles. The van der Waals surface area contributed by atoms with Crippen molar-refractivity contribution in [2.24, 2.45) is 0 Å². The van der Waals surface area contributed by atoms with Crippen molar-refractivity contribution in [1.82, 2.24) is 19.7 Å². The molecule has 26 heavy (non-hydrogen) atoms. The maximum Gasteiger partial charge on any atom is 0.168 e. The van der Waals surface area contributed by atoms with E-state index in [1.165, 1.54) is 18.5 Å². The van der Waals surface area contributed by atoms with Crippen LogP contribution in [0.4, 0.5) is 15.9 Å². The van der Waals surface area contributed by atoms with Crippen molar-refractivity contribution in [2.75, 3.05) is 12.4 Å². The minimum Gasteiger partial charge on any atom is -0.497 e. The Labute approximate surface area is 149 Å². The highest BCUT2D eigenvalue weighted by Crippen LogP contribution is 2.28. The van der Waals surface area contributed by atoms with Crippen LogP contribution >= 0.6 is 0 Å². The minimum absolute atomic E-state index is 0.325. The number of nitrogens with zero attached hydrogens (tertiary/aromatic N) is 4. The van der Waals surface area contributed by atoms with Crippen molar-refractivity contribution in [3.8, 4) is 11.4 Å². The van der Waals surface area contributed by atoms with E-state index in [9.17, 15) is 4.39 Å². The van der Waals surface area contributed by atoms with Crippen LogP contribution in [0.15, 0.2) is 54.9 Å². The maximum atomic E-state index is 13.6. The lowest BCUT2D eigenvalue weighted by Gasteiger charge is -2.08. The number of halogens is 1. The van der Waals surface area contributed by atoms with Crippen LogP contribution in [-0.4, -0.2) is 26.9 Å². The number of methoxy groups -OCH3 is 1. The van der Waals surface area contributed by atoms with Gasteiger partial charge in [0.2, 0.25) is 0 Å². The van der Waals surface area contributed by atoms with Gasteiger partial charge in [0.25, 0.3) is 0 Å². The molecular formula is C19H16FN5O. The van der Waals surface area contributed by atoms with Crippen LogP contribution in [0.25, 0.3) is 16.7 Å². The topological polar surface area (TPSA) is 64.9 Å². The Morgan fingerprint density at radius 1 is 1.08 bits per heavy atom. The molecule has 0 atom stereocenters. The monoisotopic (exact) mass is 349 g/mol. The van der Waals surface area contributed by atoms with E-state index in [0.717, 1.165) is 22.5 Å². The van der Waals surface area contributed by atoms with Crippen molar-refractivity contribution in [3.05, 3.63) is 66.4 Å². The molecule has 130 valence electrons. The summed E-state index contributed by atoms with van der Waals surface area (Å²) in [7, 11) is 1.63. The molecule has 0 spiro atoms. The average Bonchev–Trinajstić information content (AvgIpc) is 3.00. The second-order valence-electron chi connectivity index (χ2n) is 5.75. The van der Waals surface area contributed by atoms with Gasteiger partial charge in [0, 0.05) is 5.69 Å². The zero-order valence-electron chi connectivity index (χ0n) is 14.3. The smallest absolute Gasteiger partial charge is 0.168 e. The fraction of sp³-hybridized carbons (Fsp3) is 0.105. The summed E-state index contributed by atoms with van der Waals surface area (Å²) >= 11 is 0. The van der Waals surface area contributed by atoms with Crippen molar-refractivity contribution < 1.29 is 9.13 Å². The third-order valence-electron chi connectivity index (χ3n) is 4.05. The SMILES string of the molecule is COc1ccc(Nc2ncnc3c2c(C)nn3-c2cccc(F)c2)cc1. The largest absolute Gasteiger partial charge is 0.497 e. The van der Waals surface area contributed by atoms with Gasteiger partial charge in [-0.2, -0.15) is 5.10 Å². The number of hydrogen-bond donors (Lipinski definition) is 1. The Bertz CT molecular complexity index is 1080. The molecule has 2 heterocycles. The third-order valence-corrected chi connectivity index (χ3v) is 4.05. The number of benzene rings is 2. The second-order valence-corrected chi connectivity index (χ2v) is 5.75. The lowest BCUT2D eigenvalue weighted by atomic mass is 10.2. The molecule has 1 N–H and O–H groups in total. The zero-order chi connectivity index (χ0) is 18.1. The Hall–Kier alpha value is -3.48. The number of fused-ring (bicyclic) bond motifs is 1. The minimum atomic E-state index is -0.325. The van der Waals surface area contributed by atoms with Crippen LogP contribution in [-0.2, 0) is 0 Å². The van der Waals surface area contributed by atoms with Crippen molar-refractivity contribution in [1.29, 1.82) is 0 Å². The summed E-state index contributed by atoms with van der Waals surface area (Å²) in [5.41, 5.74) is 2.83. The fourth-order valence-electron chi connectivity index (χ4n) is 2.81. The zero-order valence-corrected chi connectivity index (χ0v) is 14.3. The highest BCUT2D eigenvalue weighted by Gasteiger charge is 2.15. The molecule has 7 heteroatoms. The summed E-state index contributed by atoms with van der Waals surface area (Å²) in [4.78, 5) is 8.69. The molecule has 2 aromatic carbocycles. The normalized spacial score (nSPS) is 10.9. The number of nitrogens with one attached hydrogen (secondary N) is 1. The molecule has 0 unspecified atom stereocenters. The Balaban J connectivity index is 1.79. The first-order valence-electron chi connectivity index (χ1n) is 8.03. The van der Waals surface area contributed by atoms with Gasteiger partial charge < -0.3 is 10.1 Å². The van der Waals surface area contributed by atoms with Gasteiger partial charge >= 0.3 is 0 Å². The standard InChI is InChI=1S/C19H16FN5O/c1-12-17-18(23-14-6-8-16(26-2)9-7-14)21-11-22-19(17)25(24-12)15-5-3-4-13(20)10-15/h3-11H,1-2H3,(H,21,22,23). The van der Waals surface area contributed by atoms with E-state index in [4.69, 9.17) is 4.74 Å². The summed E-state index contributed by atoms with van der Waals surface area (Å²) in [6, 6.07) is 13.8. The van der Waals surface area contributed by atoms with Crippen LogP contribution in [0, 0.1) is 12.7 Å². The van der Waals surface area contributed by atoms with Gasteiger partial charge in [-0.25, -0.2) is 19.0 Å². The average molecular weight is 349 g/mol. The highest BCUT2D eigenvalue weighted by atomic mass is 19.1. The van der Waals surface area contributed by atoms with E-state index >= 15 is 0 Å². The van der Waals surface area contributed by atoms with Gasteiger partial charge in [0.05, 0.1) is 23.9 Å². The van der Waals surface area contributed by atoms with Crippen LogP contribution in [0.5, 0.6) is 5.75 Å². The van der Waals surface area contributed by atoms with E-state index in [0.29, 0.717) is 17.2 Å². The molecule has 0 saturated heterocycles. The van der Waals surface area contributed by atoms with Crippen LogP contribution in [0.3, 0.4) is 0 Å². The van der Waals surface area contributed by atoms with Gasteiger partial charge in [0.1, 0.15) is 23.7 Å². The van der Waals surface area contributed by atoms with E-state index in [2.05, 4.69) is 20.4 Å². The summed E-state index contributed by atoms with van der Waals surface area (Å²) in [6.07, 6.45) is 1.46. The van der Waals surface area contributed by atoms with E-state index in [-0.39, 0.29) is 5.82 Å². The van der Waals surface area contributed by atoms with Crippen LogP contribution in [0.1, 0.15) is 5.69 Å². The van der Waals surface area contributed by atoms with E-state index in [1.54, 1.807) is 23.9 Å². The summed E-state index contributed by atoms with van der Waals surface area (Å²) in [6.45, 7) is 1.88. The maximum absolute atomic E-state index is 13.6. The molecule has 0 bridgehead atoms. The predicted molar refractivity (Wildman–Crippen MR) is 97.6 cm³/mol. The molecule has 2 aromatic heterocycles. The Morgan fingerprint density at radius 3 is 2.62 bits per heavy atom. The molecule has 6 nitrogen and oxygen atoms in total. The molecular weight excluding hydrogens is 333 g/mol. The van der Waals surface area contributed by atoms with Crippen LogP contribution in [0.2, 0.25) is 0 Å². The van der Waals surface area contributed by atoms with Gasteiger partial charge in [-0.1, -0.05) is 6.07 Å². The number of aromatic nitrogens is 4. The van der Waals surface area contributed by atoms with Gasteiger partial charge in [-0.15, -0.1) is 0 Å². The first-order chi connectivity index (χ1) is 12.7. The second kappa shape index (κ2) is 6.44. The number of aryl methyl sites for hydroxylation is 1. The van der Waals surface area contributed by atoms with Crippen molar-refractivity contribution >= 4 is 22.5 Å². The lowest BCUT2D eigenvalue weighted by Crippen LogP contribution is -2.00. The van der Waals surface area contributed by atoms with Crippen LogP contribution < -0.4 is 10.1 Å². The number of hydrogen-bond acceptors (Lipinski definition) is 5. The number of ether oxygens (including phenoxy) is 1. The molecule has 4 aromatic rings. The van der Waals surface area contributed by atoms with Gasteiger partial charge in [0.15, 0.2) is 5.65 Å². The molecule has 0 aliphatic carbocycles. The molecule has 0 radical (unpaired) electrons. The van der Waals surface area contributed by atoms with E-state index in [1.807, 2.05) is 31.2 Å². The molecule has 0 amide bonds. The quantitative estimate of drug-likeness (QED) is 0.603. The predicted octanol–water partition coefficient (Wildman–Crippen LogP) is 4.02. The molecule has 4 rings (SSSR count). The summed E-state index contributed by atoms with van der Waals surface area (Å²) < 4.78 is 20.4. The molecule has 0 aliphatic rings. The summed E-state index contributed by atoms with van der Waals surface area (Å²) in [5, 5.41) is 8.58. The van der Waals surface area contributed by atoms with Crippen molar-refractivity contribution in [3.63, 3.8) is 0 Å². The van der Waals surface area contributed by atoms with E-state index < -0.39 is 0 Å². The number of anilines is 2. The third kappa shape index (κ3) is 2.83. The lowest BCUT2D eigenvalue weighted by molar-refractivity contribution is 0.415. The fourth-order valence-corrected chi connectivity index (χ4v) is 2.81. The van der Waals surface area contributed by atoms with Gasteiger partial charge in [-0.05, 0) is 49.4 Å². The first-order valence-corrected chi connectivity index (χ1v) is 8.03. The summed E-state index contributed by atoms with van der Waals surface area (Å²) in [5.74, 6) is 1.09.